The van der Waals surface area contributed by atoms with E-state index in [2.05, 4.69) is 9.97 Å². The number of methoxy groups -OCH3 is 1. The molecule has 32 heavy (non-hydrogen) atoms. The molecule has 1 amide bonds. The number of nitrogens with zero attached hydrogens (tertiary/aromatic N) is 3. The van der Waals surface area contributed by atoms with E-state index >= 15 is 0 Å². The van der Waals surface area contributed by atoms with Crippen LogP contribution < -0.4 is 10.5 Å². The van der Waals surface area contributed by atoms with E-state index in [-0.39, 0.29) is 12.3 Å². The Balaban J connectivity index is 1.53. The Kier molecular flexibility index (Phi) is 8.03. The topological polar surface area (TPSA) is 119 Å². The minimum absolute atomic E-state index is 0.179. The molecule has 0 saturated heterocycles. The van der Waals surface area contributed by atoms with Crippen molar-refractivity contribution in [2.45, 2.75) is 63.8 Å². The van der Waals surface area contributed by atoms with Crippen LogP contribution in [0.3, 0.4) is 0 Å². The van der Waals surface area contributed by atoms with E-state index in [1.165, 1.54) is 36.0 Å². The number of carboxylic acid groups (broad SMARTS) is 1. The highest BCUT2D eigenvalue weighted by atomic mass is 16.5. The SMILES string of the molecule is COc1ccc(CC(C(=O)O)N(C)C(=O)CCCCc2nc(N)cc3c2CCCC3)cn1. The third-order valence-electron chi connectivity index (χ3n) is 6.08. The van der Waals surface area contributed by atoms with E-state index in [1.54, 1.807) is 25.4 Å². The van der Waals surface area contributed by atoms with Crippen molar-refractivity contribution < 1.29 is 19.4 Å². The standard InChI is InChI=1S/C24H32N4O4/c1-28(20(24(30)31)13-16-11-12-22(32-2)26-15-16)23(29)10-6-5-9-19-18-8-4-3-7-17(18)14-21(25)27-19/h11-12,14-15,20H,3-10,13H2,1-2H3,(H2,25,27)(H,30,31). The molecule has 8 heteroatoms. The predicted octanol–water partition coefficient (Wildman–Crippen LogP) is 2.81. The summed E-state index contributed by atoms with van der Waals surface area (Å²) in [5.41, 5.74) is 10.4. The number of aromatic nitrogens is 2. The lowest BCUT2D eigenvalue weighted by Gasteiger charge is -2.25. The molecule has 172 valence electrons. The lowest BCUT2D eigenvalue weighted by atomic mass is 9.89. The number of anilines is 1. The van der Waals surface area contributed by atoms with Gasteiger partial charge in [0.15, 0.2) is 0 Å². The quantitative estimate of drug-likeness (QED) is 0.545. The zero-order chi connectivity index (χ0) is 23.1. The molecule has 0 saturated carbocycles. The maximum Gasteiger partial charge on any atom is 0.326 e. The second kappa shape index (κ2) is 10.9. The molecule has 0 aromatic carbocycles. The van der Waals surface area contributed by atoms with Crippen LogP contribution in [-0.4, -0.2) is 52.1 Å². The van der Waals surface area contributed by atoms with Gasteiger partial charge in [-0.3, -0.25) is 4.79 Å². The summed E-state index contributed by atoms with van der Waals surface area (Å²) >= 11 is 0. The Morgan fingerprint density at radius 1 is 1.25 bits per heavy atom. The number of ether oxygens (including phenoxy) is 1. The van der Waals surface area contributed by atoms with Crippen LogP contribution in [0.25, 0.3) is 0 Å². The molecule has 1 aliphatic carbocycles. The average Bonchev–Trinajstić information content (AvgIpc) is 2.79. The molecule has 2 heterocycles. The number of nitrogen functional groups attached to an aromatic ring is 1. The monoisotopic (exact) mass is 440 g/mol. The van der Waals surface area contributed by atoms with Crippen LogP contribution in [0.1, 0.15) is 54.5 Å². The van der Waals surface area contributed by atoms with Crippen LogP contribution in [0.4, 0.5) is 5.82 Å². The zero-order valence-electron chi connectivity index (χ0n) is 18.8. The molecule has 1 aliphatic rings. The van der Waals surface area contributed by atoms with Crippen molar-refractivity contribution in [1.82, 2.24) is 14.9 Å². The number of hydrogen-bond acceptors (Lipinski definition) is 6. The van der Waals surface area contributed by atoms with E-state index < -0.39 is 12.0 Å². The van der Waals surface area contributed by atoms with E-state index in [4.69, 9.17) is 10.5 Å². The maximum atomic E-state index is 12.7. The summed E-state index contributed by atoms with van der Waals surface area (Å²) in [4.78, 5) is 34.4. The lowest BCUT2D eigenvalue weighted by Crippen LogP contribution is -2.43. The van der Waals surface area contributed by atoms with Crippen LogP contribution in [0.2, 0.25) is 0 Å². The second-order valence-corrected chi connectivity index (χ2v) is 8.32. The Morgan fingerprint density at radius 3 is 2.72 bits per heavy atom. The van der Waals surface area contributed by atoms with Gasteiger partial charge in [0.2, 0.25) is 11.8 Å². The highest BCUT2D eigenvalue weighted by Gasteiger charge is 2.26. The van der Waals surface area contributed by atoms with Crippen molar-refractivity contribution in [3.63, 3.8) is 0 Å². The average molecular weight is 441 g/mol. The normalized spacial score (nSPS) is 13.8. The fourth-order valence-electron chi connectivity index (χ4n) is 4.24. The largest absolute Gasteiger partial charge is 0.481 e. The number of unbranched alkanes of at least 4 members (excludes halogenated alkanes) is 1. The number of carbonyl (C=O) groups is 2. The minimum Gasteiger partial charge on any atom is -0.481 e. The lowest BCUT2D eigenvalue weighted by molar-refractivity contribution is -0.149. The second-order valence-electron chi connectivity index (χ2n) is 8.32. The fraction of sp³-hybridized carbons (Fsp3) is 0.500. The molecule has 3 rings (SSSR count). The summed E-state index contributed by atoms with van der Waals surface area (Å²) in [5, 5.41) is 9.65. The molecule has 0 bridgehead atoms. The summed E-state index contributed by atoms with van der Waals surface area (Å²) in [5.74, 6) is -0.191. The summed E-state index contributed by atoms with van der Waals surface area (Å²) in [6.07, 6.45) is 8.78. The van der Waals surface area contributed by atoms with E-state index in [0.29, 0.717) is 24.5 Å². The number of pyridine rings is 2. The maximum absolute atomic E-state index is 12.7. The number of fused-ring (bicyclic) bond motifs is 1. The first-order chi connectivity index (χ1) is 15.4. The summed E-state index contributed by atoms with van der Waals surface area (Å²) < 4.78 is 5.03. The van der Waals surface area contributed by atoms with Crippen molar-refractivity contribution in [2.24, 2.45) is 0 Å². The Morgan fingerprint density at radius 2 is 2.03 bits per heavy atom. The molecule has 0 spiro atoms. The van der Waals surface area contributed by atoms with E-state index in [0.717, 1.165) is 36.9 Å². The number of aliphatic carboxylic acids is 1. The zero-order valence-corrected chi connectivity index (χ0v) is 18.8. The van der Waals surface area contributed by atoms with Gasteiger partial charge in [0.25, 0.3) is 0 Å². The minimum atomic E-state index is -1.03. The van der Waals surface area contributed by atoms with Crippen LogP contribution in [0.15, 0.2) is 24.4 Å². The van der Waals surface area contributed by atoms with Crippen LogP contribution in [0.5, 0.6) is 5.88 Å². The van der Waals surface area contributed by atoms with Crippen molar-refractivity contribution in [3.8, 4) is 5.88 Å². The number of carboxylic acids is 1. The third-order valence-corrected chi connectivity index (χ3v) is 6.08. The molecule has 0 fully saturated rings. The van der Waals surface area contributed by atoms with Crippen molar-refractivity contribution in [2.75, 3.05) is 19.9 Å². The van der Waals surface area contributed by atoms with Gasteiger partial charge >= 0.3 is 5.97 Å². The smallest absolute Gasteiger partial charge is 0.326 e. The fourth-order valence-corrected chi connectivity index (χ4v) is 4.24. The van der Waals surface area contributed by atoms with Crippen molar-refractivity contribution >= 4 is 17.7 Å². The van der Waals surface area contributed by atoms with E-state index in [1.807, 2.05) is 6.07 Å². The van der Waals surface area contributed by atoms with Crippen LogP contribution in [0, 0.1) is 0 Å². The number of amides is 1. The molecule has 1 unspecified atom stereocenters. The van der Waals surface area contributed by atoms with E-state index in [9.17, 15) is 14.7 Å². The first kappa shape index (κ1) is 23.5. The summed E-state index contributed by atoms with van der Waals surface area (Å²) in [6, 6.07) is 4.49. The number of likely N-dealkylation sites (N-methyl/N-ethyl adjacent to an activating group) is 1. The van der Waals surface area contributed by atoms with Crippen LogP contribution >= 0.6 is 0 Å². The molecule has 2 aromatic rings. The Hall–Kier alpha value is -3.16. The van der Waals surface area contributed by atoms with Gasteiger partial charge in [-0.1, -0.05) is 6.07 Å². The molecule has 8 nitrogen and oxygen atoms in total. The number of hydrogen-bond donors (Lipinski definition) is 2. The van der Waals surface area contributed by atoms with Gasteiger partial charge in [0.05, 0.1) is 7.11 Å². The van der Waals surface area contributed by atoms with Gasteiger partial charge in [-0.25, -0.2) is 14.8 Å². The molecule has 3 N–H and O–H groups in total. The molecule has 0 radical (unpaired) electrons. The van der Waals surface area contributed by atoms with Gasteiger partial charge in [0.1, 0.15) is 11.9 Å². The Labute approximate surface area is 188 Å². The van der Waals surface area contributed by atoms with Gasteiger partial charge in [-0.05, 0) is 67.7 Å². The molecule has 1 atom stereocenters. The third kappa shape index (κ3) is 5.96. The highest BCUT2D eigenvalue weighted by Crippen LogP contribution is 2.26. The first-order valence-corrected chi connectivity index (χ1v) is 11.1. The highest BCUT2D eigenvalue weighted by molar-refractivity contribution is 5.83. The van der Waals surface area contributed by atoms with Gasteiger partial charge in [-0.2, -0.15) is 0 Å². The van der Waals surface area contributed by atoms with Crippen LogP contribution in [-0.2, 0) is 35.3 Å². The van der Waals surface area contributed by atoms with Crippen molar-refractivity contribution in [3.05, 3.63) is 46.8 Å². The number of nitrogens with two attached hydrogens (primary N) is 1. The molecular weight excluding hydrogens is 408 g/mol. The summed E-state index contributed by atoms with van der Waals surface area (Å²) in [7, 11) is 3.07. The van der Waals surface area contributed by atoms with Gasteiger partial charge in [-0.15, -0.1) is 0 Å². The first-order valence-electron chi connectivity index (χ1n) is 11.1. The number of carbonyl (C=O) groups excluding carboxylic acids is 1. The number of aryl methyl sites for hydroxylation is 2. The van der Waals surface area contributed by atoms with Crippen molar-refractivity contribution in [1.29, 1.82) is 0 Å². The number of rotatable bonds is 10. The Bertz CT molecular complexity index is 946. The summed E-state index contributed by atoms with van der Waals surface area (Å²) in [6.45, 7) is 0. The predicted molar refractivity (Wildman–Crippen MR) is 122 cm³/mol. The molecule has 0 aliphatic heterocycles. The molecule has 2 aromatic heterocycles. The van der Waals surface area contributed by atoms with Gasteiger partial charge < -0.3 is 20.5 Å². The van der Waals surface area contributed by atoms with Gasteiger partial charge in [0, 0.05) is 37.8 Å². The molecular formula is C24H32N4O4.